The molecule has 0 spiro atoms. The first-order chi connectivity index (χ1) is 13.0. The van der Waals surface area contributed by atoms with E-state index in [0.717, 1.165) is 39.2 Å². The van der Waals surface area contributed by atoms with Crippen LogP contribution < -0.4 is 5.32 Å². The molecule has 0 bridgehead atoms. The molecule has 0 aliphatic heterocycles. The van der Waals surface area contributed by atoms with Gasteiger partial charge in [-0.25, -0.2) is 14.5 Å². The van der Waals surface area contributed by atoms with E-state index in [1.807, 2.05) is 61.7 Å². The highest BCUT2D eigenvalue weighted by Gasteiger charge is 2.15. The van der Waals surface area contributed by atoms with Crippen LogP contribution in [0.25, 0.3) is 16.7 Å². The van der Waals surface area contributed by atoms with Crippen molar-refractivity contribution >= 4 is 28.3 Å². The van der Waals surface area contributed by atoms with E-state index in [-0.39, 0.29) is 5.91 Å². The molecule has 6 nitrogen and oxygen atoms in total. The van der Waals surface area contributed by atoms with Crippen LogP contribution in [0.3, 0.4) is 0 Å². The Morgan fingerprint density at radius 2 is 1.93 bits per heavy atom. The molecule has 3 heterocycles. The van der Waals surface area contributed by atoms with E-state index < -0.39 is 0 Å². The number of aromatic nitrogens is 4. The molecule has 4 rings (SSSR count). The topological polar surface area (TPSA) is 72.2 Å². The van der Waals surface area contributed by atoms with Crippen LogP contribution >= 0.6 is 0 Å². The number of pyridine rings is 1. The molecule has 0 radical (unpaired) electrons. The minimum absolute atomic E-state index is 0.00418. The third-order valence-electron chi connectivity index (χ3n) is 4.91. The zero-order valence-electron chi connectivity index (χ0n) is 15.7. The van der Waals surface area contributed by atoms with Gasteiger partial charge >= 0.3 is 0 Å². The maximum Gasteiger partial charge on any atom is 0.224 e. The van der Waals surface area contributed by atoms with Gasteiger partial charge in [-0.1, -0.05) is 18.2 Å². The number of aryl methyl sites for hydroxylation is 3. The van der Waals surface area contributed by atoms with Gasteiger partial charge in [0.2, 0.25) is 5.91 Å². The lowest BCUT2D eigenvalue weighted by atomic mass is 10.1. The largest absolute Gasteiger partial charge is 0.326 e. The fourth-order valence-corrected chi connectivity index (χ4v) is 3.39. The Labute approximate surface area is 157 Å². The summed E-state index contributed by atoms with van der Waals surface area (Å²) >= 11 is 0. The first-order valence-electron chi connectivity index (χ1n) is 8.99. The molecule has 136 valence electrons. The lowest BCUT2D eigenvalue weighted by molar-refractivity contribution is -0.116. The third-order valence-corrected chi connectivity index (χ3v) is 4.91. The highest BCUT2D eigenvalue weighted by molar-refractivity contribution is 5.92. The lowest BCUT2D eigenvalue weighted by Crippen LogP contribution is -2.15. The first kappa shape index (κ1) is 17.1. The van der Waals surface area contributed by atoms with Crippen LogP contribution in [-0.2, 0) is 11.2 Å². The SMILES string of the molecule is Cc1ccccc1NC(=O)CCc1c(C)nc2c3cccnc3nn2c1C. The Balaban J connectivity index is 1.59. The smallest absolute Gasteiger partial charge is 0.224 e. The maximum atomic E-state index is 12.4. The number of carbonyl (C=O) groups is 1. The average Bonchev–Trinajstić information content (AvgIpc) is 3.02. The molecule has 3 aromatic heterocycles. The van der Waals surface area contributed by atoms with Crippen molar-refractivity contribution in [2.75, 3.05) is 5.32 Å². The average molecular weight is 359 g/mol. The number of hydrogen-bond donors (Lipinski definition) is 1. The predicted octanol–water partition coefficient (Wildman–Crippen LogP) is 3.77. The van der Waals surface area contributed by atoms with Crippen molar-refractivity contribution in [3.63, 3.8) is 0 Å². The number of fused-ring (bicyclic) bond motifs is 3. The number of carbonyl (C=O) groups excluding carboxylic acids is 1. The Morgan fingerprint density at radius 1 is 1.11 bits per heavy atom. The van der Waals surface area contributed by atoms with E-state index in [4.69, 9.17) is 4.98 Å². The van der Waals surface area contributed by atoms with Gasteiger partial charge < -0.3 is 5.32 Å². The third kappa shape index (κ3) is 3.14. The van der Waals surface area contributed by atoms with Gasteiger partial charge in [-0.3, -0.25) is 4.79 Å². The molecular formula is C21H21N5O. The number of nitrogens with zero attached hydrogens (tertiary/aromatic N) is 4. The summed E-state index contributed by atoms with van der Waals surface area (Å²) in [7, 11) is 0. The van der Waals surface area contributed by atoms with E-state index in [9.17, 15) is 4.79 Å². The standard InChI is InChI=1S/C21H21N5O/c1-13-7-4-5-9-18(13)24-19(27)11-10-16-14(2)23-21-17-8-6-12-22-20(17)25-26(21)15(16)3/h4-9,12H,10-11H2,1-3H3,(H,24,27). The van der Waals surface area contributed by atoms with Gasteiger partial charge in [0.15, 0.2) is 11.3 Å². The van der Waals surface area contributed by atoms with E-state index in [0.29, 0.717) is 18.5 Å². The maximum absolute atomic E-state index is 12.4. The van der Waals surface area contributed by atoms with Crippen LogP contribution in [0.2, 0.25) is 0 Å². The quantitative estimate of drug-likeness (QED) is 0.602. The van der Waals surface area contributed by atoms with Crippen LogP contribution in [0.5, 0.6) is 0 Å². The van der Waals surface area contributed by atoms with Crippen molar-refractivity contribution in [1.82, 2.24) is 19.6 Å². The fourth-order valence-electron chi connectivity index (χ4n) is 3.39. The molecule has 0 fully saturated rings. The second-order valence-electron chi connectivity index (χ2n) is 6.73. The second kappa shape index (κ2) is 6.79. The van der Waals surface area contributed by atoms with Gasteiger partial charge in [-0.2, -0.15) is 0 Å². The van der Waals surface area contributed by atoms with Gasteiger partial charge in [0.25, 0.3) is 0 Å². The summed E-state index contributed by atoms with van der Waals surface area (Å²) in [4.78, 5) is 21.4. The Hall–Kier alpha value is -3.28. The van der Waals surface area contributed by atoms with E-state index in [1.54, 1.807) is 6.20 Å². The van der Waals surface area contributed by atoms with Crippen molar-refractivity contribution in [3.05, 3.63) is 65.1 Å². The van der Waals surface area contributed by atoms with Crippen molar-refractivity contribution in [1.29, 1.82) is 0 Å². The number of benzene rings is 1. The highest BCUT2D eigenvalue weighted by Crippen LogP contribution is 2.22. The molecule has 1 amide bonds. The molecule has 1 N–H and O–H groups in total. The van der Waals surface area contributed by atoms with Crippen LogP contribution in [0, 0.1) is 20.8 Å². The van der Waals surface area contributed by atoms with Crippen molar-refractivity contribution in [2.45, 2.75) is 33.6 Å². The Morgan fingerprint density at radius 3 is 2.74 bits per heavy atom. The Bertz CT molecular complexity index is 1160. The summed E-state index contributed by atoms with van der Waals surface area (Å²) in [6.07, 6.45) is 2.73. The fraction of sp³-hybridized carbons (Fsp3) is 0.238. The number of anilines is 1. The van der Waals surface area contributed by atoms with E-state index in [2.05, 4.69) is 15.4 Å². The summed E-state index contributed by atoms with van der Waals surface area (Å²) in [6, 6.07) is 11.6. The minimum atomic E-state index is -0.00418. The van der Waals surface area contributed by atoms with Gasteiger partial charge in [0, 0.05) is 29.7 Å². The summed E-state index contributed by atoms with van der Waals surface area (Å²) in [6.45, 7) is 5.98. The summed E-state index contributed by atoms with van der Waals surface area (Å²) in [5.74, 6) is -0.00418. The molecular weight excluding hydrogens is 338 g/mol. The molecule has 0 unspecified atom stereocenters. The zero-order chi connectivity index (χ0) is 19.0. The van der Waals surface area contributed by atoms with Crippen molar-refractivity contribution in [2.24, 2.45) is 0 Å². The molecule has 1 aromatic carbocycles. The van der Waals surface area contributed by atoms with Gasteiger partial charge in [-0.15, -0.1) is 5.10 Å². The van der Waals surface area contributed by atoms with Crippen LogP contribution in [0.4, 0.5) is 5.69 Å². The zero-order valence-corrected chi connectivity index (χ0v) is 15.7. The van der Waals surface area contributed by atoms with Crippen LogP contribution in [-0.4, -0.2) is 25.5 Å². The molecule has 4 aromatic rings. The molecule has 0 aliphatic carbocycles. The lowest BCUT2D eigenvalue weighted by Gasteiger charge is -2.12. The summed E-state index contributed by atoms with van der Waals surface area (Å²) < 4.78 is 1.83. The normalized spacial score (nSPS) is 11.2. The predicted molar refractivity (Wildman–Crippen MR) is 106 cm³/mol. The number of amides is 1. The first-order valence-corrected chi connectivity index (χ1v) is 8.99. The number of hydrogen-bond acceptors (Lipinski definition) is 4. The van der Waals surface area contributed by atoms with Crippen molar-refractivity contribution < 1.29 is 4.79 Å². The monoisotopic (exact) mass is 359 g/mol. The van der Waals surface area contributed by atoms with E-state index >= 15 is 0 Å². The second-order valence-corrected chi connectivity index (χ2v) is 6.73. The molecule has 27 heavy (non-hydrogen) atoms. The Kier molecular flexibility index (Phi) is 4.32. The summed E-state index contributed by atoms with van der Waals surface area (Å²) in [5, 5.41) is 8.49. The molecule has 6 heteroatoms. The van der Waals surface area contributed by atoms with E-state index in [1.165, 1.54) is 0 Å². The summed E-state index contributed by atoms with van der Waals surface area (Å²) in [5.41, 5.74) is 6.37. The van der Waals surface area contributed by atoms with Crippen molar-refractivity contribution in [3.8, 4) is 0 Å². The van der Waals surface area contributed by atoms with Gasteiger partial charge in [-0.05, 0) is 56.5 Å². The minimum Gasteiger partial charge on any atom is -0.326 e. The number of rotatable bonds is 4. The highest BCUT2D eigenvalue weighted by atomic mass is 16.1. The molecule has 0 saturated carbocycles. The number of nitrogens with one attached hydrogen (secondary N) is 1. The number of para-hydroxylation sites is 1. The van der Waals surface area contributed by atoms with Crippen LogP contribution in [0.1, 0.15) is 28.9 Å². The van der Waals surface area contributed by atoms with Gasteiger partial charge in [0.1, 0.15) is 0 Å². The molecule has 0 atom stereocenters. The molecule has 0 saturated heterocycles. The van der Waals surface area contributed by atoms with Crippen LogP contribution in [0.15, 0.2) is 42.6 Å². The molecule has 0 aliphatic rings. The van der Waals surface area contributed by atoms with Gasteiger partial charge in [0.05, 0.1) is 5.39 Å².